The van der Waals surface area contributed by atoms with Gasteiger partial charge in [0, 0.05) is 5.56 Å². The summed E-state index contributed by atoms with van der Waals surface area (Å²) in [6, 6.07) is 16.7. The number of benzene rings is 3. The number of phenolic OH excluding ortho intramolecular Hbond substituents is 1. The summed E-state index contributed by atoms with van der Waals surface area (Å²) in [7, 11) is 0. The van der Waals surface area contributed by atoms with Crippen LogP contribution >= 0.6 is 0 Å². The Balaban J connectivity index is 2.06. The molecule has 0 aliphatic heterocycles. The Hall–Kier alpha value is -2.02. The van der Waals surface area contributed by atoms with Crippen LogP contribution in [0.25, 0.3) is 21.5 Å². The van der Waals surface area contributed by atoms with Gasteiger partial charge in [-0.2, -0.15) is 0 Å². The van der Waals surface area contributed by atoms with Crippen LogP contribution in [0.15, 0.2) is 48.5 Å². The van der Waals surface area contributed by atoms with Crippen molar-refractivity contribution in [2.24, 2.45) is 0 Å². The van der Waals surface area contributed by atoms with Crippen molar-refractivity contribution in [2.75, 3.05) is 0 Å². The van der Waals surface area contributed by atoms with E-state index in [1.54, 1.807) is 0 Å². The Kier molecular flexibility index (Phi) is 4.10. The number of fused-ring (bicyclic) bond motifs is 3. The molecule has 3 rings (SSSR count). The molecule has 0 radical (unpaired) electrons. The number of hydrogen-bond acceptors (Lipinski definition) is 1. The maximum Gasteiger partial charge on any atom is 0.119 e. The Morgan fingerprint density at radius 3 is 2.43 bits per heavy atom. The SMILES string of the molecule is CCCCCCc1c(O)ccc2c1ccc1ccccc12. The number of unbranched alkanes of at least 4 members (excludes halogenated alkanes) is 3. The average molecular weight is 278 g/mol. The molecule has 1 nitrogen and oxygen atoms in total. The van der Waals surface area contributed by atoms with Crippen LogP contribution in [0.1, 0.15) is 38.2 Å². The lowest BCUT2D eigenvalue weighted by atomic mass is 9.95. The summed E-state index contributed by atoms with van der Waals surface area (Å²) in [5.41, 5.74) is 1.11. The van der Waals surface area contributed by atoms with Gasteiger partial charge in [-0.05, 0) is 40.5 Å². The van der Waals surface area contributed by atoms with E-state index in [0.29, 0.717) is 5.75 Å². The number of hydrogen-bond donors (Lipinski definition) is 1. The number of phenols is 1. The minimum atomic E-state index is 0.439. The fourth-order valence-electron chi connectivity index (χ4n) is 3.13. The highest BCUT2D eigenvalue weighted by molar-refractivity contribution is 6.08. The number of rotatable bonds is 5. The maximum absolute atomic E-state index is 10.2. The van der Waals surface area contributed by atoms with E-state index in [2.05, 4.69) is 43.3 Å². The maximum atomic E-state index is 10.2. The van der Waals surface area contributed by atoms with Gasteiger partial charge < -0.3 is 5.11 Å². The van der Waals surface area contributed by atoms with Gasteiger partial charge in [-0.3, -0.25) is 0 Å². The van der Waals surface area contributed by atoms with E-state index in [4.69, 9.17) is 0 Å². The second-order valence-electron chi connectivity index (χ2n) is 5.76. The van der Waals surface area contributed by atoms with Crippen LogP contribution in [-0.2, 0) is 6.42 Å². The van der Waals surface area contributed by atoms with Crippen LogP contribution in [0.3, 0.4) is 0 Å². The first kappa shape index (κ1) is 13.9. The van der Waals surface area contributed by atoms with Crippen LogP contribution in [0.5, 0.6) is 5.75 Å². The van der Waals surface area contributed by atoms with Crippen molar-refractivity contribution >= 4 is 21.5 Å². The number of aryl methyl sites for hydroxylation is 1. The Morgan fingerprint density at radius 2 is 1.57 bits per heavy atom. The zero-order chi connectivity index (χ0) is 14.7. The van der Waals surface area contributed by atoms with E-state index < -0.39 is 0 Å². The van der Waals surface area contributed by atoms with Crippen LogP contribution < -0.4 is 0 Å². The molecule has 0 bridgehead atoms. The number of aromatic hydroxyl groups is 1. The van der Waals surface area contributed by atoms with Gasteiger partial charge in [-0.1, -0.05) is 68.7 Å². The molecule has 0 heterocycles. The molecule has 1 heteroatoms. The largest absolute Gasteiger partial charge is 0.508 e. The molecule has 0 aliphatic carbocycles. The zero-order valence-corrected chi connectivity index (χ0v) is 12.6. The summed E-state index contributed by atoms with van der Waals surface area (Å²) in [5.74, 6) is 0.439. The van der Waals surface area contributed by atoms with Gasteiger partial charge in [0.25, 0.3) is 0 Å². The normalized spacial score (nSPS) is 11.3. The van der Waals surface area contributed by atoms with E-state index in [-0.39, 0.29) is 0 Å². The lowest BCUT2D eigenvalue weighted by Gasteiger charge is -2.11. The van der Waals surface area contributed by atoms with Crippen molar-refractivity contribution in [1.82, 2.24) is 0 Å². The van der Waals surface area contributed by atoms with Crippen molar-refractivity contribution in [3.8, 4) is 5.75 Å². The molecular weight excluding hydrogens is 256 g/mol. The molecule has 0 atom stereocenters. The smallest absolute Gasteiger partial charge is 0.119 e. The summed E-state index contributed by atoms with van der Waals surface area (Å²) >= 11 is 0. The van der Waals surface area contributed by atoms with Crippen molar-refractivity contribution in [2.45, 2.75) is 39.0 Å². The monoisotopic (exact) mass is 278 g/mol. The fraction of sp³-hybridized carbons (Fsp3) is 0.300. The van der Waals surface area contributed by atoms with E-state index in [1.807, 2.05) is 12.1 Å². The van der Waals surface area contributed by atoms with Crippen molar-refractivity contribution in [1.29, 1.82) is 0 Å². The molecule has 0 aliphatic rings. The second kappa shape index (κ2) is 6.17. The van der Waals surface area contributed by atoms with E-state index in [1.165, 1.54) is 40.8 Å². The molecular formula is C20H22O. The average Bonchev–Trinajstić information content (AvgIpc) is 2.52. The quantitative estimate of drug-likeness (QED) is 0.460. The Morgan fingerprint density at radius 1 is 0.762 bits per heavy atom. The Labute approximate surface area is 126 Å². The molecule has 0 fully saturated rings. The second-order valence-corrected chi connectivity index (χ2v) is 5.76. The third-order valence-electron chi connectivity index (χ3n) is 4.29. The van der Waals surface area contributed by atoms with E-state index >= 15 is 0 Å². The van der Waals surface area contributed by atoms with Gasteiger partial charge in [-0.15, -0.1) is 0 Å². The van der Waals surface area contributed by atoms with Crippen LogP contribution in [-0.4, -0.2) is 5.11 Å². The van der Waals surface area contributed by atoms with Gasteiger partial charge in [0.05, 0.1) is 0 Å². The third kappa shape index (κ3) is 2.73. The fourth-order valence-corrected chi connectivity index (χ4v) is 3.13. The highest BCUT2D eigenvalue weighted by Crippen LogP contribution is 2.33. The van der Waals surface area contributed by atoms with E-state index in [9.17, 15) is 5.11 Å². The molecule has 3 aromatic rings. The third-order valence-corrected chi connectivity index (χ3v) is 4.29. The van der Waals surface area contributed by atoms with Crippen molar-refractivity contribution in [3.63, 3.8) is 0 Å². The standard InChI is InChI=1S/C20H22O/c1-2-3-4-5-10-19-18-12-11-15-8-6-7-9-16(15)17(18)13-14-20(19)21/h6-9,11-14,21H,2-5,10H2,1H3. The van der Waals surface area contributed by atoms with Gasteiger partial charge >= 0.3 is 0 Å². The minimum Gasteiger partial charge on any atom is -0.508 e. The predicted molar refractivity (Wildman–Crippen MR) is 91.0 cm³/mol. The molecule has 0 spiro atoms. The van der Waals surface area contributed by atoms with Gasteiger partial charge in [0.15, 0.2) is 0 Å². The Bertz CT molecular complexity index is 758. The van der Waals surface area contributed by atoms with Gasteiger partial charge in [0.2, 0.25) is 0 Å². The minimum absolute atomic E-state index is 0.439. The first-order valence-corrected chi connectivity index (χ1v) is 7.93. The molecule has 0 saturated carbocycles. The van der Waals surface area contributed by atoms with Gasteiger partial charge in [-0.25, -0.2) is 0 Å². The molecule has 0 amide bonds. The summed E-state index contributed by atoms with van der Waals surface area (Å²) in [6.07, 6.45) is 5.86. The summed E-state index contributed by atoms with van der Waals surface area (Å²) in [4.78, 5) is 0. The lowest BCUT2D eigenvalue weighted by Crippen LogP contribution is -1.90. The summed E-state index contributed by atoms with van der Waals surface area (Å²) in [5, 5.41) is 15.2. The molecule has 3 aromatic carbocycles. The summed E-state index contributed by atoms with van der Waals surface area (Å²) in [6.45, 7) is 2.22. The summed E-state index contributed by atoms with van der Waals surface area (Å²) < 4.78 is 0. The van der Waals surface area contributed by atoms with Crippen molar-refractivity contribution < 1.29 is 5.11 Å². The molecule has 108 valence electrons. The molecule has 0 unspecified atom stereocenters. The van der Waals surface area contributed by atoms with Crippen LogP contribution in [0, 0.1) is 0 Å². The van der Waals surface area contributed by atoms with Crippen molar-refractivity contribution in [3.05, 3.63) is 54.1 Å². The van der Waals surface area contributed by atoms with E-state index in [0.717, 1.165) is 18.4 Å². The topological polar surface area (TPSA) is 20.2 Å². The highest BCUT2D eigenvalue weighted by Gasteiger charge is 2.09. The van der Waals surface area contributed by atoms with Gasteiger partial charge in [0.1, 0.15) is 5.75 Å². The van der Waals surface area contributed by atoms with Crippen LogP contribution in [0.2, 0.25) is 0 Å². The molecule has 21 heavy (non-hydrogen) atoms. The predicted octanol–water partition coefficient (Wildman–Crippen LogP) is 5.82. The molecule has 0 saturated heterocycles. The first-order valence-electron chi connectivity index (χ1n) is 7.93. The molecule has 1 N–H and O–H groups in total. The lowest BCUT2D eigenvalue weighted by molar-refractivity contribution is 0.467. The highest BCUT2D eigenvalue weighted by atomic mass is 16.3. The van der Waals surface area contributed by atoms with Crippen LogP contribution in [0.4, 0.5) is 0 Å². The first-order chi connectivity index (χ1) is 10.3. The molecule has 0 aromatic heterocycles. The zero-order valence-electron chi connectivity index (χ0n) is 12.6.